The van der Waals surface area contributed by atoms with Crippen LogP contribution in [0, 0.1) is 0 Å². The lowest BCUT2D eigenvalue weighted by molar-refractivity contribution is -0.0728. The highest BCUT2D eigenvalue weighted by Gasteiger charge is 2.39. The van der Waals surface area contributed by atoms with Crippen LogP contribution in [0.25, 0.3) is 0 Å². The highest BCUT2D eigenvalue weighted by molar-refractivity contribution is 9.10. The zero-order valence-electron chi connectivity index (χ0n) is 6.76. The van der Waals surface area contributed by atoms with E-state index in [-0.39, 0.29) is 5.54 Å². The van der Waals surface area contributed by atoms with E-state index in [1.54, 1.807) is 11.3 Å². The molecule has 1 N–H and O–H groups in total. The lowest BCUT2D eigenvalue weighted by Gasteiger charge is -2.40. The topological polar surface area (TPSA) is 21.3 Å². The molecular weight excluding hydrogens is 238 g/mol. The van der Waals surface area contributed by atoms with Crippen LogP contribution in [0.15, 0.2) is 15.9 Å². The maximum Gasteiger partial charge on any atom is 0.0999 e. The average Bonchev–Trinajstić information content (AvgIpc) is 2.35. The van der Waals surface area contributed by atoms with E-state index in [9.17, 15) is 0 Å². The third-order valence-corrected chi connectivity index (χ3v) is 4.11. The van der Waals surface area contributed by atoms with Crippen molar-refractivity contribution >= 4 is 27.3 Å². The van der Waals surface area contributed by atoms with Gasteiger partial charge in [0.05, 0.1) is 18.8 Å². The van der Waals surface area contributed by atoms with Gasteiger partial charge < -0.3 is 10.1 Å². The van der Waals surface area contributed by atoms with Crippen molar-refractivity contribution < 1.29 is 4.74 Å². The standard InChI is InChI=1S/C8H10BrNOS/c1-10-8(4-11-5-8)7-2-6(9)3-12-7/h2-3,10H,4-5H2,1H3. The van der Waals surface area contributed by atoms with Crippen LogP contribution in [0.2, 0.25) is 0 Å². The van der Waals surface area contributed by atoms with Crippen LogP contribution in [0.1, 0.15) is 4.88 Å². The Labute approximate surface area is 84.1 Å². The molecule has 1 aliphatic heterocycles. The number of likely N-dealkylation sites (N-methyl/N-ethyl adjacent to an activating group) is 1. The number of nitrogens with one attached hydrogen (secondary N) is 1. The molecule has 0 spiro atoms. The van der Waals surface area contributed by atoms with E-state index in [0.29, 0.717) is 0 Å². The number of rotatable bonds is 2. The number of halogens is 1. The van der Waals surface area contributed by atoms with Gasteiger partial charge >= 0.3 is 0 Å². The molecule has 1 aliphatic rings. The zero-order valence-corrected chi connectivity index (χ0v) is 9.17. The molecule has 0 aromatic carbocycles. The Hall–Kier alpha value is 0.1000. The minimum Gasteiger partial charge on any atom is -0.377 e. The molecule has 1 saturated heterocycles. The van der Waals surface area contributed by atoms with Gasteiger partial charge in [0.15, 0.2) is 0 Å². The molecule has 66 valence electrons. The summed E-state index contributed by atoms with van der Waals surface area (Å²) in [7, 11) is 1.98. The molecule has 2 heterocycles. The van der Waals surface area contributed by atoms with Gasteiger partial charge in [-0.1, -0.05) is 0 Å². The minimum atomic E-state index is 0.0939. The summed E-state index contributed by atoms with van der Waals surface area (Å²) in [4.78, 5) is 1.35. The second kappa shape index (κ2) is 3.10. The first-order chi connectivity index (χ1) is 5.77. The molecule has 2 rings (SSSR count). The van der Waals surface area contributed by atoms with E-state index in [0.717, 1.165) is 17.7 Å². The van der Waals surface area contributed by atoms with E-state index < -0.39 is 0 Å². The molecule has 12 heavy (non-hydrogen) atoms. The zero-order chi connectivity index (χ0) is 8.60. The van der Waals surface area contributed by atoms with Gasteiger partial charge in [0.2, 0.25) is 0 Å². The SMILES string of the molecule is CNC1(c2cc(Br)cs2)COC1. The monoisotopic (exact) mass is 247 g/mol. The molecule has 0 atom stereocenters. The quantitative estimate of drug-likeness (QED) is 0.863. The third kappa shape index (κ3) is 1.23. The minimum absolute atomic E-state index is 0.0939. The van der Waals surface area contributed by atoms with Crippen LogP contribution in [-0.4, -0.2) is 20.3 Å². The largest absolute Gasteiger partial charge is 0.377 e. The molecule has 2 nitrogen and oxygen atoms in total. The molecule has 1 aromatic rings. The first-order valence-corrected chi connectivity index (χ1v) is 5.45. The van der Waals surface area contributed by atoms with Gasteiger partial charge in [-0.25, -0.2) is 0 Å². The summed E-state index contributed by atoms with van der Waals surface area (Å²) in [5.74, 6) is 0. The molecule has 0 aliphatic carbocycles. The van der Waals surface area contributed by atoms with Crippen LogP contribution >= 0.6 is 27.3 Å². The van der Waals surface area contributed by atoms with E-state index in [4.69, 9.17) is 4.74 Å². The third-order valence-electron chi connectivity index (χ3n) is 2.21. The summed E-state index contributed by atoms with van der Waals surface area (Å²) in [5.41, 5.74) is 0.0939. The Kier molecular flexibility index (Phi) is 2.25. The number of hydrogen-bond donors (Lipinski definition) is 1. The Morgan fingerprint density at radius 1 is 1.67 bits per heavy atom. The van der Waals surface area contributed by atoms with Gasteiger partial charge in [0.25, 0.3) is 0 Å². The van der Waals surface area contributed by atoms with Crippen molar-refractivity contribution in [3.05, 3.63) is 20.8 Å². The first-order valence-electron chi connectivity index (χ1n) is 3.78. The van der Waals surface area contributed by atoms with Crippen molar-refractivity contribution in [1.82, 2.24) is 5.32 Å². The summed E-state index contributed by atoms with van der Waals surface area (Å²) in [6.45, 7) is 1.58. The smallest absolute Gasteiger partial charge is 0.0999 e. The lowest BCUT2D eigenvalue weighted by Crippen LogP contribution is -2.55. The van der Waals surface area contributed by atoms with E-state index in [2.05, 4.69) is 32.7 Å². The predicted molar refractivity (Wildman–Crippen MR) is 53.6 cm³/mol. The molecule has 0 amide bonds. The summed E-state index contributed by atoms with van der Waals surface area (Å²) in [6.07, 6.45) is 0. The average molecular weight is 248 g/mol. The van der Waals surface area contributed by atoms with Crippen molar-refractivity contribution in [2.75, 3.05) is 20.3 Å². The molecule has 1 fully saturated rings. The maximum absolute atomic E-state index is 5.22. The molecule has 1 aromatic heterocycles. The van der Waals surface area contributed by atoms with Gasteiger partial charge in [0.1, 0.15) is 0 Å². The van der Waals surface area contributed by atoms with E-state index >= 15 is 0 Å². The molecule has 0 radical (unpaired) electrons. The molecule has 0 bridgehead atoms. The molecular formula is C8H10BrNOS. The predicted octanol–water partition coefficient (Wildman–Crippen LogP) is 1.96. The Morgan fingerprint density at radius 3 is 2.75 bits per heavy atom. The highest BCUT2D eigenvalue weighted by Crippen LogP contribution is 2.34. The second-order valence-electron chi connectivity index (χ2n) is 2.95. The van der Waals surface area contributed by atoms with Crippen LogP contribution in [-0.2, 0) is 10.3 Å². The van der Waals surface area contributed by atoms with Gasteiger partial charge in [-0.15, -0.1) is 11.3 Å². The molecule has 0 unspecified atom stereocenters. The van der Waals surface area contributed by atoms with Gasteiger partial charge in [-0.2, -0.15) is 0 Å². The van der Waals surface area contributed by atoms with Gasteiger partial charge in [0, 0.05) is 14.7 Å². The molecule has 4 heteroatoms. The Morgan fingerprint density at radius 2 is 2.42 bits per heavy atom. The van der Waals surface area contributed by atoms with Crippen molar-refractivity contribution in [1.29, 1.82) is 0 Å². The van der Waals surface area contributed by atoms with Crippen LogP contribution in [0.3, 0.4) is 0 Å². The second-order valence-corrected chi connectivity index (χ2v) is 4.78. The highest BCUT2D eigenvalue weighted by atomic mass is 79.9. The lowest BCUT2D eigenvalue weighted by atomic mass is 9.96. The van der Waals surface area contributed by atoms with Crippen molar-refractivity contribution in [3.8, 4) is 0 Å². The summed E-state index contributed by atoms with van der Waals surface area (Å²) in [5, 5.41) is 5.41. The summed E-state index contributed by atoms with van der Waals surface area (Å²) < 4.78 is 6.38. The van der Waals surface area contributed by atoms with Crippen LogP contribution < -0.4 is 5.32 Å². The summed E-state index contributed by atoms with van der Waals surface area (Å²) in [6, 6.07) is 2.16. The summed E-state index contributed by atoms with van der Waals surface area (Å²) >= 11 is 5.22. The first kappa shape index (κ1) is 8.69. The van der Waals surface area contributed by atoms with Gasteiger partial charge in [-0.05, 0) is 29.0 Å². The fourth-order valence-electron chi connectivity index (χ4n) is 1.28. The van der Waals surface area contributed by atoms with Crippen LogP contribution in [0.4, 0.5) is 0 Å². The molecule has 0 saturated carbocycles. The van der Waals surface area contributed by atoms with Crippen LogP contribution in [0.5, 0.6) is 0 Å². The van der Waals surface area contributed by atoms with Crippen molar-refractivity contribution in [2.24, 2.45) is 0 Å². The van der Waals surface area contributed by atoms with E-state index in [1.165, 1.54) is 4.88 Å². The maximum atomic E-state index is 5.22. The fraction of sp³-hybridized carbons (Fsp3) is 0.500. The Balaban J connectivity index is 2.27. The van der Waals surface area contributed by atoms with Gasteiger partial charge in [-0.3, -0.25) is 0 Å². The van der Waals surface area contributed by atoms with Crippen molar-refractivity contribution in [2.45, 2.75) is 5.54 Å². The number of thiophene rings is 1. The fourth-order valence-corrected chi connectivity index (χ4v) is 2.89. The normalized spacial score (nSPS) is 20.5. The Bertz CT molecular complexity index is 277. The number of ether oxygens (including phenoxy) is 1. The van der Waals surface area contributed by atoms with E-state index in [1.807, 2.05) is 7.05 Å². The number of hydrogen-bond acceptors (Lipinski definition) is 3. The van der Waals surface area contributed by atoms with Crippen molar-refractivity contribution in [3.63, 3.8) is 0 Å².